The zero-order valence-corrected chi connectivity index (χ0v) is 5.52. The fraction of sp³-hybridized carbons (Fsp3) is 0.875. The molecule has 1 heteroatoms. The quantitative estimate of drug-likeness (QED) is 0.546. The number of carbonyl (C=O) groups excluding carboxylic acids is 1. The first-order chi connectivity index (χ1) is 4.37. The predicted octanol–water partition coefficient (Wildman–Crippen LogP) is 1.68. The van der Waals surface area contributed by atoms with E-state index in [1.807, 2.05) is 0 Å². The van der Waals surface area contributed by atoms with Gasteiger partial charge in [-0.1, -0.05) is 6.42 Å². The maximum Gasteiger partial charge on any atom is 0.205 e. The van der Waals surface area contributed by atoms with E-state index in [1.165, 1.54) is 19.3 Å². The van der Waals surface area contributed by atoms with Gasteiger partial charge in [-0.2, -0.15) is 0 Å². The normalized spacial score (nSPS) is 31.1. The van der Waals surface area contributed by atoms with Crippen molar-refractivity contribution in [1.82, 2.24) is 0 Å². The maximum absolute atomic E-state index is 10.4. The van der Waals surface area contributed by atoms with Crippen molar-refractivity contribution in [2.24, 2.45) is 11.3 Å². The summed E-state index contributed by atoms with van der Waals surface area (Å²) >= 11 is 0. The first-order valence-electron chi connectivity index (χ1n) is 3.77. The molecule has 1 nitrogen and oxygen atoms in total. The smallest absolute Gasteiger partial charge is 0.205 e. The lowest BCUT2D eigenvalue weighted by molar-refractivity contribution is 0.234. The molecule has 0 aliphatic heterocycles. The summed E-state index contributed by atoms with van der Waals surface area (Å²) < 4.78 is 0. The van der Waals surface area contributed by atoms with Crippen molar-refractivity contribution < 1.29 is 4.79 Å². The van der Waals surface area contributed by atoms with Gasteiger partial charge in [-0.05, 0) is 31.6 Å². The van der Waals surface area contributed by atoms with E-state index in [-0.39, 0.29) is 5.41 Å². The van der Waals surface area contributed by atoms with Crippen LogP contribution in [0.25, 0.3) is 0 Å². The van der Waals surface area contributed by atoms with E-state index < -0.39 is 0 Å². The molecule has 2 rings (SSSR count). The average molecular weight is 123 g/mol. The van der Waals surface area contributed by atoms with Gasteiger partial charge in [-0.15, -0.1) is 0 Å². The van der Waals surface area contributed by atoms with Crippen molar-refractivity contribution in [2.45, 2.75) is 32.1 Å². The molecule has 2 saturated carbocycles. The van der Waals surface area contributed by atoms with Crippen molar-refractivity contribution in [1.29, 1.82) is 0 Å². The van der Waals surface area contributed by atoms with Gasteiger partial charge in [0.2, 0.25) is 6.29 Å². The Hall–Kier alpha value is -0.330. The minimum Gasteiger partial charge on any atom is -0.290 e. The number of rotatable bonds is 2. The van der Waals surface area contributed by atoms with Gasteiger partial charge in [0.1, 0.15) is 0 Å². The first-order valence-corrected chi connectivity index (χ1v) is 3.77. The third-order valence-electron chi connectivity index (χ3n) is 2.88. The van der Waals surface area contributed by atoms with E-state index in [9.17, 15) is 4.79 Å². The van der Waals surface area contributed by atoms with Crippen molar-refractivity contribution in [3.8, 4) is 0 Å². The van der Waals surface area contributed by atoms with Gasteiger partial charge in [0.25, 0.3) is 0 Å². The van der Waals surface area contributed by atoms with E-state index in [2.05, 4.69) is 6.29 Å². The summed E-state index contributed by atoms with van der Waals surface area (Å²) in [5.74, 6) is 0.731. The molecule has 2 fully saturated rings. The summed E-state index contributed by atoms with van der Waals surface area (Å²) in [5, 5.41) is 0. The van der Waals surface area contributed by atoms with Crippen LogP contribution in [0, 0.1) is 11.3 Å². The average Bonchev–Trinajstić information content (AvgIpc) is 2.44. The maximum atomic E-state index is 10.4. The Morgan fingerprint density at radius 1 is 1.33 bits per heavy atom. The highest BCUT2D eigenvalue weighted by Gasteiger charge is 2.51. The molecule has 0 aromatic heterocycles. The summed E-state index contributed by atoms with van der Waals surface area (Å²) in [6.45, 7) is 0. The Kier molecular flexibility index (Phi) is 0.961. The molecule has 0 aromatic carbocycles. The minimum atomic E-state index is 0.0816. The molecule has 0 bridgehead atoms. The molecule has 1 radical (unpaired) electrons. The van der Waals surface area contributed by atoms with Crippen LogP contribution in [0.2, 0.25) is 0 Å². The molecule has 0 spiro atoms. The molecule has 49 valence electrons. The van der Waals surface area contributed by atoms with E-state index in [0.717, 1.165) is 18.8 Å². The van der Waals surface area contributed by atoms with Gasteiger partial charge < -0.3 is 0 Å². The van der Waals surface area contributed by atoms with Crippen LogP contribution < -0.4 is 0 Å². The summed E-state index contributed by atoms with van der Waals surface area (Å²) in [6, 6.07) is 0. The Balaban J connectivity index is 2.02. The zero-order valence-electron chi connectivity index (χ0n) is 5.52. The summed E-state index contributed by atoms with van der Waals surface area (Å²) in [4.78, 5) is 10.4. The van der Waals surface area contributed by atoms with Crippen LogP contribution in [0.4, 0.5) is 0 Å². The third kappa shape index (κ3) is 0.637. The SMILES string of the molecule is O=[C]C1(C2CCC2)CC1. The van der Waals surface area contributed by atoms with E-state index >= 15 is 0 Å². The molecule has 0 amide bonds. The monoisotopic (exact) mass is 123 g/mol. The summed E-state index contributed by atoms with van der Waals surface area (Å²) in [6.07, 6.45) is 8.37. The standard InChI is InChI=1S/C8H11O/c9-6-8(4-5-8)7-2-1-3-7/h7H,1-5H2. The van der Waals surface area contributed by atoms with Crippen LogP contribution in [0.5, 0.6) is 0 Å². The van der Waals surface area contributed by atoms with Gasteiger partial charge in [0.15, 0.2) is 0 Å². The second-order valence-electron chi connectivity index (χ2n) is 3.39. The van der Waals surface area contributed by atoms with Crippen LogP contribution >= 0.6 is 0 Å². The second kappa shape index (κ2) is 1.59. The number of hydrogen-bond acceptors (Lipinski definition) is 1. The summed E-state index contributed by atoms with van der Waals surface area (Å²) in [7, 11) is 0. The fourth-order valence-electron chi connectivity index (χ4n) is 1.69. The zero-order chi connectivity index (χ0) is 6.32. The lowest BCUT2D eigenvalue weighted by atomic mass is 9.74. The van der Waals surface area contributed by atoms with Crippen molar-refractivity contribution >= 4 is 6.29 Å². The lowest BCUT2D eigenvalue weighted by Gasteiger charge is -2.29. The van der Waals surface area contributed by atoms with E-state index in [4.69, 9.17) is 0 Å². The van der Waals surface area contributed by atoms with Crippen molar-refractivity contribution in [3.63, 3.8) is 0 Å². The Morgan fingerprint density at radius 2 is 2.00 bits per heavy atom. The van der Waals surface area contributed by atoms with Gasteiger partial charge in [-0.25, -0.2) is 0 Å². The van der Waals surface area contributed by atoms with Crippen molar-refractivity contribution in [3.05, 3.63) is 0 Å². The lowest BCUT2D eigenvalue weighted by Crippen LogP contribution is -2.24. The van der Waals surface area contributed by atoms with Crippen LogP contribution in [0.15, 0.2) is 0 Å². The van der Waals surface area contributed by atoms with Crippen LogP contribution in [-0.4, -0.2) is 6.29 Å². The molecule has 0 heterocycles. The second-order valence-corrected chi connectivity index (χ2v) is 3.39. The highest BCUT2D eigenvalue weighted by molar-refractivity contribution is 5.65. The molecular weight excluding hydrogens is 112 g/mol. The van der Waals surface area contributed by atoms with Crippen LogP contribution in [0.1, 0.15) is 32.1 Å². The Morgan fingerprint density at radius 3 is 2.11 bits per heavy atom. The van der Waals surface area contributed by atoms with Crippen LogP contribution in [-0.2, 0) is 4.79 Å². The van der Waals surface area contributed by atoms with Gasteiger partial charge >= 0.3 is 0 Å². The Bertz CT molecular complexity index is 132. The third-order valence-corrected chi connectivity index (χ3v) is 2.88. The number of hydrogen-bond donors (Lipinski definition) is 0. The van der Waals surface area contributed by atoms with Crippen molar-refractivity contribution in [2.75, 3.05) is 0 Å². The largest absolute Gasteiger partial charge is 0.290 e. The highest BCUT2D eigenvalue weighted by atomic mass is 16.1. The van der Waals surface area contributed by atoms with E-state index in [0.29, 0.717) is 0 Å². The van der Waals surface area contributed by atoms with Crippen LogP contribution in [0.3, 0.4) is 0 Å². The molecule has 0 saturated heterocycles. The Labute approximate surface area is 55.4 Å². The predicted molar refractivity (Wildman–Crippen MR) is 34.7 cm³/mol. The fourth-order valence-corrected chi connectivity index (χ4v) is 1.69. The highest BCUT2D eigenvalue weighted by Crippen LogP contribution is 2.56. The van der Waals surface area contributed by atoms with E-state index in [1.54, 1.807) is 0 Å². The molecular formula is C8H11O. The molecule has 0 N–H and O–H groups in total. The molecule has 2 aliphatic carbocycles. The molecule has 9 heavy (non-hydrogen) atoms. The molecule has 0 unspecified atom stereocenters. The van der Waals surface area contributed by atoms with Gasteiger partial charge in [0.05, 0.1) is 0 Å². The first kappa shape index (κ1) is 5.45. The summed E-state index contributed by atoms with van der Waals surface area (Å²) in [5.41, 5.74) is 0.0816. The molecule has 0 atom stereocenters. The minimum absolute atomic E-state index is 0.0816. The van der Waals surface area contributed by atoms with Gasteiger partial charge in [0, 0.05) is 5.41 Å². The molecule has 0 aromatic rings. The molecule has 2 aliphatic rings. The van der Waals surface area contributed by atoms with Gasteiger partial charge in [-0.3, -0.25) is 4.79 Å². The topological polar surface area (TPSA) is 17.1 Å².